The van der Waals surface area contributed by atoms with Crippen LogP contribution >= 0.6 is 23.4 Å². The Kier molecular flexibility index (Phi) is 7.59. The normalized spacial score (nSPS) is 10.6. The second-order valence-electron chi connectivity index (χ2n) is 5.65. The van der Waals surface area contributed by atoms with E-state index in [9.17, 15) is 9.18 Å². The van der Waals surface area contributed by atoms with Crippen LogP contribution in [0, 0.1) is 19.7 Å². The molecule has 1 N–H and O–H groups in total. The molecule has 0 atom stereocenters. The molecule has 0 aliphatic rings. The van der Waals surface area contributed by atoms with E-state index in [1.54, 1.807) is 23.9 Å². The van der Waals surface area contributed by atoms with Crippen LogP contribution in [0.1, 0.15) is 16.7 Å². The van der Waals surface area contributed by atoms with Crippen molar-refractivity contribution in [1.82, 2.24) is 5.32 Å². The summed E-state index contributed by atoms with van der Waals surface area (Å²) in [5.74, 6) is 1.54. The van der Waals surface area contributed by atoms with Crippen LogP contribution in [-0.2, 0) is 10.5 Å². The Balaban J connectivity index is 1.65. The average molecular weight is 382 g/mol. The number of aryl methyl sites for hydroxylation is 2. The largest absolute Gasteiger partial charge is 0.484 e. The van der Waals surface area contributed by atoms with Crippen molar-refractivity contribution >= 4 is 29.3 Å². The van der Waals surface area contributed by atoms with Crippen molar-refractivity contribution in [3.05, 3.63) is 63.9 Å². The molecule has 2 aromatic rings. The maximum Gasteiger partial charge on any atom is 0.257 e. The van der Waals surface area contributed by atoms with Crippen molar-refractivity contribution in [3.8, 4) is 5.75 Å². The summed E-state index contributed by atoms with van der Waals surface area (Å²) in [5, 5.41) is 3.50. The van der Waals surface area contributed by atoms with Gasteiger partial charge in [0.15, 0.2) is 6.61 Å². The second-order valence-corrected chi connectivity index (χ2v) is 7.14. The molecule has 0 fully saturated rings. The van der Waals surface area contributed by atoms with Crippen molar-refractivity contribution in [2.24, 2.45) is 0 Å². The smallest absolute Gasteiger partial charge is 0.257 e. The van der Waals surface area contributed by atoms with Gasteiger partial charge in [-0.15, -0.1) is 0 Å². The van der Waals surface area contributed by atoms with Crippen LogP contribution in [0.2, 0.25) is 5.02 Å². The highest BCUT2D eigenvalue weighted by Crippen LogP contribution is 2.25. The summed E-state index contributed by atoms with van der Waals surface area (Å²) in [6, 6.07) is 10.3. The highest BCUT2D eigenvalue weighted by molar-refractivity contribution is 7.98. The van der Waals surface area contributed by atoms with Crippen LogP contribution in [0.15, 0.2) is 36.4 Å². The Morgan fingerprint density at radius 1 is 1.24 bits per heavy atom. The molecule has 0 heterocycles. The fourth-order valence-electron chi connectivity index (χ4n) is 2.25. The third-order valence-corrected chi connectivity index (χ3v) is 5.17. The maximum absolute atomic E-state index is 13.5. The van der Waals surface area contributed by atoms with Gasteiger partial charge < -0.3 is 10.1 Å². The molecule has 0 spiro atoms. The zero-order valence-corrected chi connectivity index (χ0v) is 15.8. The summed E-state index contributed by atoms with van der Waals surface area (Å²) < 4.78 is 19.0. The number of hydrogen-bond donors (Lipinski definition) is 1. The monoisotopic (exact) mass is 381 g/mol. The van der Waals surface area contributed by atoms with Crippen LogP contribution in [0.4, 0.5) is 4.39 Å². The quantitative estimate of drug-likeness (QED) is 0.683. The van der Waals surface area contributed by atoms with Crippen LogP contribution in [0.25, 0.3) is 0 Å². The van der Waals surface area contributed by atoms with Gasteiger partial charge in [0.25, 0.3) is 5.91 Å². The predicted molar refractivity (Wildman–Crippen MR) is 102 cm³/mol. The van der Waals surface area contributed by atoms with Gasteiger partial charge in [-0.2, -0.15) is 11.8 Å². The number of thioether (sulfide) groups is 1. The predicted octanol–water partition coefficient (Wildman–Crippen LogP) is 4.52. The van der Waals surface area contributed by atoms with E-state index in [0.717, 1.165) is 11.1 Å². The van der Waals surface area contributed by atoms with Crippen LogP contribution < -0.4 is 10.1 Å². The average Bonchev–Trinajstić information content (AvgIpc) is 2.59. The van der Waals surface area contributed by atoms with Crippen LogP contribution in [0.3, 0.4) is 0 Å². The number of carbonyl (C=O) groups is 1. The van der Waals surface area contributed by atoms with E-state index in [2.05, 4.69) is 5.32 Å². The van der Waals surface area contributed by atoms with Gasteiger partial charge in [0.05, 0.1) is 0 Å². The molecule has 3 nitrogen and oxygen atoms in total. The van der Waals surface area contributed by atoms with Crippen LogP contribution in [0.5, 0.6) is 5.75 Å². The van der Waals surface area contributed by atoms with E-state index in [4.69, 9.17) is 16.3 Å². The molecular weight excluding hydrogens is 361 g/mol. The van der Waals surface area contributed by atoms with E-state index >= 15 is 0 Å². The van der Waals surface area contributed by atoms with Gasteiger partial charge in [-0.3, -0.25) is 4.79 Å². The van der Waals surface area contributed by atoms with Crippen LogP contribution in [-0.4, -0.2) is 24.8 Å². The molecule has 1 amide bonds. The van der Waals surface area contributed by atoms with Gasteiger partial charge in [-0.1, -0.05) is 29.8 Å². The Labute approximate surface area is 156 Å². The first-order valence-corrected chi connectivity index (χ1v) is 9.48. The molecule has 0 aliphatic carbocycles. The van der Waals surface area contributed by atoms with Gasteiger partial charge >= 0.3 is 0 Å². The summed E-state index contributed by atoms with van der Waals surface area (Å²) >= 11 is 7.68. The molecule has 2 aromatic carbocycles. The van der Waals surface area contributed by atoms with Gasteiger partial charge in [-0.25, -0.2) is 4.39 Å². The molecule has 6 heteroatoms. The molecule has 0 bridgehead atoms. The Morgan fingerprint density at radius 2 is 1.92 bits per heavy atom. The molecule has 0 aliphatic heterocycles. The number of rotatable bonds is 8. The lowest BCUT2D eigenvalue weighted by atomic mass is 10.1. The molecule has 0 radical (unpaired) electrons. The summed E-state index contributed by atoms with van der Waals surface area (Å²) in [7, 11) is 0. The number of benzene rings is 2. The Hall–Kier alpha value is -1.72. The van der Waals surface area contributed by atoms with Crippen molar-refractivity contribution in [2.45, 2.75) is 19.6 Å². The minimum absolute atomic E-state index is 0.0432. The topological polar surface area (TPSA) is 38.3 Å². The molecule has 0 saturated heterocycles. The van der Waals surface area contributed by atoms with E-state index in [0.29, 0.717) is 34.4 Å². The molecule has 0 aromatic heterocycles. The summed E-state index contributed by atoms with van der Waals surface area (Å²) in [6.07, 6.45) is 0. The molecule has 0 unspecified atom stereocenters. The SMILES string of the molecule is Cc1cc(OCC(=O)NCCSCc2ccccc2F)cc(C)c1Cl. The molecule has 134 valence electrons. The number of nitrogens with one attached hydrogen (secondary N) is 1. The van der Waals surface area contributed by atoms with Gasteiger partial charge in [-0.05, 0) is 48.7 Å². The summed E-state index contributed by atoms with van der Waals surface area (Å²) in [5.41, 5.74) is 2.51. The van der Waals surface area contributed by atoms with Crippen molar-refractivity contribution in [2.75, 3.05) is 18.9 Å². The molecule has 2 rings (SSSR count). The number of carbonyl (C=O) groups excluding carboxylic acids is 1. The first-order valence-electron chi connectivity index (χ1n) is 7.94. The fourth-order valence-corrected chi connectivity index (χ4v) is 3.20. The Bertz CT molecular complexity index is 716. The highest BCUT2D eigenvalue weighted by atomic mass is 35.5. The molecule has 0 saturated carbocycles. The highest BCUT2D eigenvalue weighted by Gasteiger charge is 2.06. The van der Waals surface area contributed by atoms with Gasteiger partial charge in [0, 0.05) is 23.1 Å². The van der Waals surface area contributed by atoms with Gasteiger partial charge in [0.1, 0.15) is 11.6 Å². The standard InChI is InChI=1S/C19H21ClFNO2S/c1-13-9-16(10-14(2)19(13)20)24-11-18(23)22-7-8-25-12-15-5-3-4-6-17(15)21/h3-6,9-10H,7-8,11-12H2,1-2H3,(H,22,23). The van der Waals surface area contributed by atoms with Crippen molar-refractivity contribution < 1.29 is 13.9 Å². The second kappa shape index (κ2) is 9.68. The summed E-state index contributed by atoms with van der Waals surface area (Å²) in [4.78, 5) is 11.8. The zero-order valence-electron chi connectivity index (χ0n) is 14.3. The van der Waals surface area contributed by atoms with E-state index < -0.39 is 0 Å². The van der Waals surface area contributed by atoms with Crippen molar-refractivity contribution in [1.29, 1.82) is 0 Å². The third-order valence-electron chi connectivity index (χ3n) is 3.56. The number of ether oxygens (including phenoxy) is 1. The van der Waals surface area contributed by atoms with E-state index in [-0.39, 0.29) is 18.3 Å². The molecule has 25 heavy (non-hydrogen) atoms. The fraction of sp³-hybridized carbons (Fsp3) is 0.316. The lowest BCUT2D eigenvalue weighted by Gasteiger charge is -2.10. The minimum atomic E-state index is -0.194. The first kappa shape index (κ1) is 19.6. The minimum Gasteiger partial charge on any atom is -0.484 e. The number of halogens is 2. The lowest BCUT2D eigenvalue weighted by Crippen LogP contribution is -2.30. The van der Waals surface area contributed by atoms with E-state index in [1.165, 1.54) is 6.07 Å². The number of amides is 1. The first-order chi connectivity index (χ1) is 12.0. The maximum atomic E-state index is 13.5. The number of hydrogen-bond acceptors (Lipinski definition) is 3. The van der Waals surface area contributed by atoms with Crippen molar-refractivity contribution in [3.63, 3.8) is 0 Å². The summed E-state index contributed by atoms with van der Waals surface area (Å²) in [6.45, 7) is 4.27. The zero-order chi connectivity index (χ0) is 18.2. The van der Waals surface area contributed by atoms with Gasteiger partial charge in [0.2, 0.25) is 0 Å². The van der Waals surface area contributed by atoms with E-state index in [1.807, 2.05) is 32.0 Å². The third kappa shape index (κ3) is 6.25. The lowest BCUT2D eigenvalue weighted by molar-refractivity contribution is -0.122. The Morgan fingerprint density at radius 3 is 2.60 bits per heavy atom. The molecular formula is C19H21ClFNO2S.